The van der Waals surface area contributed by atoms with Crippen LogP contribution in [-0.4, -0.2) is 16.1 Å². The van der Waals surface area contributed by atoms with Gasteiger partial charge in [-0.25, -0.2) is 9.78 Å². The van der Waals surface area contributed by atoms with Crippen molar-refractivity contribution in [1.82, 2.24) is 4.98 Å². The Morgan fingerprint density at radius 2 is 2.24 bits per heavy atom. The fraction of sp³-hybridized carbons (Fsp3) is 0.312. The van der Waals surface area contributed by atoms with E-state index in [4.69, 9.17) is 5.11 Å². The lowest BCUT2D eigenvalue weighted by atomic mass is 9.92. The molecule has 21 heavy (non-hydrogen) atoms. The van der Waals surface area contributed by atoms with Gasteiger partial charge >= 0.3 is 5.97 Å². The quantitative estimate of drug-likeness (QED) is 0.486. The maximum atomic E-state index is 10.9. The van der Waals surface area contributed by atoms with Crippen molar-refractivity contribution in [2.75, 3.05) is 0 Å². The molecule has 0 aliphatic heterocycles. The molecule has 0 aromatic carbocycles. The Hall–Kier alpha value is -2.19. The Morgan fingerprint density at radius 3 is 2.67 bits per heavy atom. The number of thiazole rings is 1. The summed E-state index contributed by atoms with van der Waals surface area (Å²) in [4.78, 5) is 15.2. The Bertz CT molecular complexity index is 635. The van der Waals surface area contributed by atoms with Crippen LogP contribution in [0.5, 0.6) is 0 Å². The van der Waals surface area contributed by atoms with Crippen LogP contribution in [0.15, 0.2) is 42.2 Å². The SMILES string of the molecule is C=CC(C)C(=C/C)/C(C#N)=C\C(C)c1ncc(C(=O)O)s1. The van der Waals surface area contributed by atoms with E-state index in [1.54, 1.807) is 6.08 Å². The van der Waals surface area contributed by atoms with Crippen molar-refractivity contribution in [2.45, 2.75) is 26.7 Å². The number of hydrogen-bond acceptors (Lipinski definition) is 4. The van der Waals surface area contributed by atoms with E-state index >= 15 is 0 Å². The highest BCUT2D eigenvalue weighted by atomic mass is 32.1. The molecule has 0 saturated carbocycles. The second-order valence-corrected chi connectivity index (χ2v) is 5.68. The summed E-state index contributed by atoms with van der Waals surface area (Å²) in [5.74, 6) is -1.02. The Morgan fingerprint density at radius 1 is 1.57 bits per heavy atom. The lowest BCUT2D eigenvalue weighted by molar-refractivity contribution is 0.0702. The van der Waals surface area contributed by atoms with Crippen molar-refractivity contribution in [1.29, 1.82) is 5.26 Å². The lowest BCUT2D eigenvalue weighted by Crippen LogP contribution is -2.00. The summed E-state index contributed by atoms with van der Waals surface area (Å²) in [6.45, 7) is 9.51. The third kappa shape index (κ3) is 4.14. The van der Waals surface area contributed by atoms with Gasteiger partial charge in [0.2, 0.25) is 0 Å². The van der Waals surface area contributed by atoms with E-state index in [9.17, 15) is 10.1 Å². The standard InChI is InChI=1S/C16H18N2O2S/c1-5-10(3)13(6-2)12(8-17)7-11(4)15-18-9-14(21-15)16(19)20/h5-7,9-11H,1H2,2-4H3,(H,19,20)/b12-7-,13-6-. The summed E-state index contributed by atoms with van der Waals surface area (Å²) < 4.78 is 0. The van der Waals surface area contributed by atoms with Crippen LogP contribution in [0.25, 0.3) is 0 Å². The van der Waals surface area contributed by atoms with E-state index in [0.717, 1.165) is 16.9 Å². The van der Waals surface area contributed by atoms with Crippen molar-refractivity contribution in [3.63, 3.8) is 0 Å². The van der Waals surface area contributed by atoms with Gasteiger partial charge in [0.1, 0.15) is 4.88 Å². The van der Waals surface area contributed by atoms with Gasteiger partial charge in [0.05, 0.1) is 22.8 Å². The van der Waals surface area contributed by atoms with Gasteiger partial charge in [-0.15, -0.1) is 17.9 Å². The second-order valence-electron chi connectivity index (χ2n) is 4.62. The summed E-state index contributed by atoms with van der Waals surface area (Å²) in [6.07, 6.45) is 6.86. The number of aromatic nitrogens is 1. The van der Waals surface area contributed by atoms with Crippen LogP contribution in [-0.2, 0) is 0 Å². The van der Waals surface area contributed by atoms with Crippen LogP contribution < -0.4 is 0 Å². The van der Waals surface area contributed by atoms with Crippen LogP contribution in [0, 0.1) is 17.2 Å². The number of carboxylic acid groups (broad SMARTS) is 1. The molecule has 0 spiro atoms. The third-order valence-electron chi connectivity index (χ3n) is 3.13. The van der Waals surface area contributed by atoms with E-state index in [0.29, 0.717) is 10.6 Å². The highest BCUT2D eigenvalue weighted by Crippen LogP contribution is 2.27. The molecule has 0 fully saturated rings. The Kier molecular flexibility index (Phi) is 6.07. The molecular formula is C16H18N2O2S. The number of aromatic carboxylic acids is 1. The second kappa shape index (κ2) is 7.55. The average Bonchev–Trinajstić information content (AvgIpc) is 2.96. The van der Waals surface area contributed by atoms with E-state index in [1.165, 1.54) is 6.20 Å². The van der Waals surface area contributed by atoms with Gasteiger partial charge in [-0.3, -0.25) is 0 Å². The Balaban J connectivity index is 3.09. The first kappa shape index (κ1) is 16.9. The van der Waals surface area contributed by atoms with E-state index in [2.05, 4.69) is 17.6 Å². The highest BCUT2D eigenvalue weighted by molar-refractivity contribution is 7.13. The molecule has 0 bridgehead atoms. The molecule has 2 unspecified atom stereocenters. The molecular weight excluding hydrogens is 284 g/mol. The van der Waals surface area contributed by atoms with Crippen molar-refractivity contribution in [3.8, 4) is 6.07 Å². The van der Waals surface area contributed by atoms with Crippen molar-refractivity contribution in [2.24, 2.45) is 5.92 Å². The minimum absolute atomic E-state index is 0.0824. The lowest BCUT2D eigenvalue weighted by Gasteiger charge is -2.12. The first-order valence-corrected chi connectivity index (χ1v) is 7.36. The third-order valence-corrected chi connectivity index (χ3v) is 4.31. The van der Waals surface area contributed by atoms with E-state index < -0.39 is 5.97 Å². The molecule has 0 aliphatic rings. The average molecular weight is 302 g/mol. The smallest absolute Gasteiger partial charge is 0.347 e. The molecule has 110 valence electrons. The van der Waals surface area contributed by atoms with Crippen LogP contribution in [0.4, 0.5) is 0 Å². The number of nitriles is 1. The van der Waals surface area contributed by atoms with Crippen molar-refractivity contribution in [3.05, 3.63) is 52.0 Å². The molecule has 1 heterocycles. The number of carbonyl (C=O) groups is 1. The predicted octanol–water partition coefficient (Wildman–Crippen LogP) is 4.16. The molecule has 0 radical (unpaired) electrons. The summed E-state index contributed by atoms with van der Waals surface area (Å²) in [6, 6.07) is 2.20. The fourth-order valence-electron chi connectivity index (χ4n) is 1.91. The number of rotatable bonds is 6. The molecule has 1 rings (SSSR count). The van der Waals surface area contributed by atoms with E-state index in [-0.39, 0.29) is 16.7 Å². The van der Waals surface area contributed by atoms with Gasteiger partial charge in [-0.1, -0.05) is 32.1 Å². The zero-order valence-electron chi connectivity index (χ0n) is 12.3. The maximum absolute atomic E-state index is 10.9. The number of hydrogen-bond donors (Lipinski definition) is 1. The van der Waals surface area contributed by atoms with Crippen LogP contribution >= 0.6 is 11.3 Å². The minimum atomic E-state index is -0.982. The predicted molar refractivity (Wildman–Crippen MR) is 84.3 cm³/mol. The number of carboxylic acids is 1. The number of allylic oxidation sites excluding steroid dienone is 5. The molecule has 5 heteroatoms. The van der Waals surface area contributed by atoms with Gasteiger partial charge in [-0.2, -0.15) is 5.26 Å². The van der Waals surface area contributed by atoms with E-state index in [1.807, 2.05) is 32.9 Å². The summed E-state index contributed by atoms with van der Waals surface area (Å²) in [5, 5.41) is 19.0. The topological polar surface area (TPSA) is 74.0 Å². The zero-order chi connectivity index (χ0) is 16.0. The molecule has 0 aliphatic carbocycles. The first-order chi connectivity index (χ1) is 9.94. The van der Waals surface area contributed by atoms with Gasteiger partial charge in [-0.05, 0) is 18.4 Å². The van der Waals surface area contributed by atoms with Crippen molar-refractivity contribution < 1.29 is 9.90 Å². The van der Waals surface area contributed by atoms with Crippen LogP contribution in [0.2, 0.25) is 0 Å². The normalized spacial score (nSPS) is 15.1. The Labute approximate surface area is 128 Å². The molecule has 0 amide bonds. The summed E-state index contributed by atoms with van der Waals surface area (Å²) in [7, 11) is 0. The molecule has 1 N–H and O–H groups in total. The zero-order valence-corrected chi connectivity index (χ0v) is 13.1. The molecule has 1 aromatic heterocycles. The summed E-state index contributed by atoms with van der Waals surface area (Å²) in [5.41, 5.74) is 1.49. The molecule has 2 atom stereocenters. The maximum Gasteiger partial charge on any atom is 0.347 e. The minimum Gasteiger partial charge on any atom is -0.477 e. The van der Waals surface area contributed by atoms with Crippen molar-refractivity contribution >= 4 is 17.3 Å². The van der Waals surface area contributed by atoms with Gasteiger partial charge in [0.15, 0.2) is 0 Å². The highest BCUT2D eigenvalue weighted by Gasteiger charge is 2.15. The fourth-order valence-corrected chi connectivity index (χ4v) is 2.68. The molecule has 0 saturated heterocycles. The van der Waals surface area contributed by atoms with Crippen LogP contribution in [0.1, 0.15) is 41.4 Å². The molecule has 4 nitrogen and oxygen atoms in total. The largest absolute Gasteiger partial charge is 0.477 e. The molecule has 1 aromatic rings. The van der Waals surface area contributed by atoms with Crippen LogP contribution in [0.3, 0.4) is 0 Å². The van der Waals surface area contributed by atoms with Gasteiger partial charge < -0.3 is 5.11 Å². The van der Waals surface area contributed by atoms with Gasteiger partial charge in [0, 0.05) is 5.92 Å². The number of nitrogens with zero attached hydrogens (tertiary/aromatic N) is 2. The summed E-state index contributed by atoms with van der Waals surface area (Å²) >= 11 is 1.13. The monoisotopic (exact) mass is 302 g/mol. The van der Waals surface area contributed by atoms with Gasteiger partial charge in [0.25, 0.3) is 0 Å². The first-order valence-electron chi connectivity index (χ1n) is 6.54.